The highest BCUT2D eigenvalue weighted by Gasteiger charge is 2.47. The maximum absolute atomic E-state index is 13.7. The van der Waals surface area contributed by atoms with Crippen molar-refractivity contribution in [3.05, 3.63) is 95.3 Å². The highest BCUT2D eigenvalue weighted by Crippen LogP contribution is 2.31. The van der Waals surface area contributed by atoms with Gasteiger partial charge in [-0.05, 0) is 67.9 Å². The lowest BCUT2D eigenvalue weighted by molar-refractivity contribution is -0.122. The van der Waals surface area contributed by atoms with Crippen molar-refractivity contribution in [2.45, 2.75) is 37.8 Å². The predicted molar refractivity (Wildman–Crippen MR) is 134 cm³/mol. The van der Waals surface area contributed by atoms with Gasteiger partial charge in [0.05, 0.1) is 29.2 Å². The molecule has 3 aromatic rings. The highest BCUT2D eigenvalue weighted by molar-refractivity contribution is 7.89. The summed E-state index contributed by atoms with van der Waals surface area (Å²) in [5.74, 6) is -2.32. The maximum Gasteiger partial charge on any atom is 0.338 e. The Morgan fingerprint density at radius 1 is 1.00 bits per heavy atom. The number of ether oxygens (including phenoxy) is 1. The number of benzene rings is 3. The zero-order chi connectivity index (χ0) is 26.7. The molecule has 0 aromatic heterocycles. The second-order valence-corrected chi connectivity index (χ2v) is 10.4. The summed E-state index contributed by atoms with van der Waals surface area (Å²) in [5, 5.41) is 0. The molecular formula is C27H25FN2O6S. The van der Waals surface area contributed by atoms with Gasteiger partial charge in [-0.15, -0.1) is 0 Å². The summed E-state index contributed by atoms with van der Waals surface area (Å²) >= 11 is 0. The monoisotopic (exact) mass is 524 g/mol. The SMILES string of the molecule is CCOC(=O)c1ccc(N2C(=O)CC(N(Cc3ccc(F)cc3)S(=O)(=O)c3ccc(C)cc3)C2=O)cc1. The van der Waals surface area contributed by atoms with Gasteiger partial charge < -0.3 is 4.74 Å². The van der Waals surface area contributed by atoms with Gasteiger partial charge >= 0.3 is 5.97 Å². The molecule has 1 aliphatic rings. The summed E-state index contributed by atoms with van der Waals surface area (Å²) in [4.78, 5) is 39.3. The van der Waals surface area contributed by atoms with Crippen LogP contribution >= 0.6 is 0 Å². The lowest BCUT2D eigenvalue weighted by Gasteiger charge is -2.27. The van der Waals surface area contributed by atoms with Crippen LogP contribution in [0.4, 0.5) is 10.1 Å². The Balaban J connectivity index is 1.69. The number of aryl methyl sites for hydroxylation is 1. The van der Waals surface area contributed by atoms with Gasteiger partial charge in [0.15, 0.2) is 0 Å². The Labute approximate surface area is 214 Å². The number of esters is 1. The lowest BCUT2D eigenvalue weighted by atomic mass is 10.2. The van der Waals surface area contributed by atoms with Crippen LogP contribution in [0, 0.1) is 12.7 Å². The fraction of sp³-hybridized carbons (Fsp3) is 0.222. The molecule has 1 aliphatic heterocycles. The molecule has 1 fully saturated rings. The molecule has 0 aliphatic carbocycles. The summed E-state index contributed by atoms with van der Waals surface area (Å²) in [7, 11) is -4.22. The van der Waals surface area contributed by atoms with Crippen molar-refractivity contribution in [1.29, 1.82) is 0 Å². The number of rotatable bonds is 8. The summed E-state index contributed by atoms with van der Waals surface area (Å²) in [6.45, 7) is 3.45. The van der Waals surface area contributed by atoms with Crippen molar-refractivity contribution in [2.24, 2.45) is 0 Å². The van der Waals surface area contributed by atoms with E-state index in [1.807, 2.05) is 6.92 Å². The van der Waals surface area contributed by atoms with E-state index in [4.69, 9.17) is 4.74 Å². The van der Waals surface area contributed by atoms with Gasteiger partial charge in [-0.25, -0.2) is 22.5 Å². The number of sulfonamides is 1. The fourth-order valence-corrected chi connectivity index (χ4v) is 5.62. The fourth-order valence-electron chi connectivity index (χ4n) is 4.05. The standard InChI is InChI=1S/C27H25FN2O6S/c1-3-36-27(33)20-8-12-22(13-9-20)30-25(31)16-24(26(30)32)29(17-19-6-10-21(28)11-7-19)37(34,35)23-14-4-18(2)5-15-23/h4-15,24H,3,16-17H2,1-2H3. The molecule has 10 heteroatoms. The van der Waals surface area contributed by atoms with Crippen LogP contribution in [0.1, 0.15) is 34.8 Å². The highest BCUT2D eigenvalue weighted by atomic mass is 32.2. The Morgan fingerprint density at radius 2 is 1.62 bits per heavy atom. The van der Waals surface area contributed by atoms with Gasteiger partial charge in [-0.3, -0.25) is 9.59 Å². The van der Waals surface area contributed by atoms with Crippen LogP contribution in [0.5, 0.6) is 0 Å². The molecule has 192 valence electrons. The van der Waals surface area contributed by atoms with Crippen LogP contribution in [0.2, 0.25) is 0 Å². The van der Waals surface area contributed by atoms with Crippen molar-refractivity contribution in [2.75, 3.05) is 11.5 Å². The average molecular weight is 525 g/mol. The number of halogens is 1. The van der Waals surface area contributed by atoms with Gasteiger partial charge in [-0.1, -0.05) is 29.8 Å². The van der Waals surface area contributed by atoms with Crippen LogP contribution in [0.15, 0.2) is 77.7 Å². The molecular weight excluding hydrogens is 499 g/mol. The van der Waals surface area contributed by atoms with Gasteiger partial charge in [0.25, 0.3) is 5.91 Å². The Hall–Kier alpha value is -3.89. The molecule has 0 radical (unpaired) electrons. The predicted octanol–water partition coefficient (Wildman–Crippen LogP) is 3.83. The van der Waals surface area contributed by atoms with E-state index in [-0.39, 0.29) is 35.7 Å². The first-order chi connectivity index (χ1) is 17.6. The van der Waals surface area contributed by atoms with Crippen LogP contribution < -0.4 is 4.90 Å². The van der Waals surface area contributed by atoms with E-state index in [1.165, 1.54) is 60.7 Å². The third kappa shape index (κ3) is 5.45. The molecule has 8 nitrogen and oxygen atoms in total. The molecule has 3 aromatic carbocycles. The largest absolute Gasteiger partial charge is 0.462 e. The van der Waals surface area contributed by atoms with Crippen molar-refractivity contribution >= 4 is 33.5 Å². The maximum atomic E-state index is 13.7. The van der Waals surface area contributed by atoms with Crippen LogP contribution in [0.3, 0.4) is 0 Å². The van der Waals surface area contributed by atoms with E-state index < -0.39 is 39.7 Å². The number of imide groups is 1. The second-order valence-electron chi connectivity index (χ2n) is 8.54. The number of hydrogen-bond donors (Lipinski definition) is 0. The minimum atomic E-state index is -4.22. The third-order valence-corrected chi connectivity index (χ3v) is 7.86. The second kappa shape index (κ2) is 10.6. The molecule has 37 heavy (non-hydrogen) atoms. The van der Waals surface area contributed by atoms with E-state index in [2.05, 4.69) is 0 Å². The molecule has 1 saturated heterocycles. The summed E-state index contributed by atoms with van der Waals surface area (Å²) in [5.41, 5.74) is 1.77. The van der Waals surface area contributed by atoms with Gasteiger partial charge in [-0.2, -0.15) is 4.31 Å². The summed E-state index contributed by atoms with van der Waals surface area (Å²) in [6, 6.07) is 15.8. The average Bonchev–Trinajstić information content (AvgIpc) is 3.17. The number of carbonyl (C=O) groups excluding carboxylic acids is 3. The Bertz CT molecular complexity index is 1420. The molecule has 0 N–H and O–H groups in total. The first-order valence-electron chi connectivity index (χ1n) is 11.6. The summed E-state index contributed by atoms with van der Waals surface area (Å²) < 4.78 is 46.8. The van der Waals surface area contributed by atoms with E-state index in [9.17, 15) is 27.2 Å². The molecule has 0 saturated carbocycles. The number of nitrogens with zero attached hydrogens (tertiary/aromatic N) is 2. The minimum Gasteiger partial charge on any atom is -0.462 e. The lowest BCUT2D eigenvalue weighted by Crippen LogP contribution is -2.45. The Kier molecular flexibility index (Phi) is 7.51. The normalized spacial score (nSPS) is 15.9. The molecule has 2 amide bonds. The first-order valence-corrected chi connectivity index (χ1v) is 13.0. The number of anilines is 1. The van der Waals surface area contributed by atoms with Crippen molar-refractivity contribution < 1.29 is 31.9 Å². The van der Waals surface area contributed by atoms with E-state index in [0.717, 1.165) is 14.8 Å². The summed E-state index contributed by atoms with van der Waals surface area (Å²) in [6.07, 6.45) is -0.370. The Morgan fingerprint density at radius 3 is 2.22 bits per heavy atom. The van der Waals surface area contributed by atoms with Crippen LogP contribution in [-0.4, -0.2) is 43.2 Å². The quantitative estimate of drug-likeness (QED) is 0.328. The zero-order valence-corrected chi connectivity index (χ0v) is 21.1. The molecule has 1 heterocycles. The van der Waals surface area contributed by atoms with Crippen molar-refractivity contribution in [3.8, 4) is 0 Å². The minimum absolute atomic E-state index is 0.0299. The van der Waals surface area contributed by atoms with Crippen molar-refractivity contribution in [1.82, 2.24) is 4.31 Å². The van der Waals surface area contributed by atoms with Gasteiger partial charge in [0.1, 0.15) is 11.9 Å². The van der Waals surface area contributed by atoms with E-state index in [0.29, 0.717) is 5.56 Å². The molecule has 0 bridgehead atoms. The van der Waals surface area contributed by atoms with Gasteiger partial charge in [0.2, 0.25) is 15.9 Å². The molecule has 4 rings (SSSR count). The zero-order valence-electron chi connectivity index (χ0n) is 20.3. The van der Waals surface area contributed by atoms with E-state index in [1.54, 1.807) is 19.1 Å². The number of carbonyl (C=O) groups is 3. The number of amides is 2. The van der Waals surface area contributed by atoms with Crippen LogP contribution in [0.25, 0.3) is 0 Å². The number of hydrogen-bond acceptors (Lipinski definition) is 6. The van der Waals surface area contributed by atoms with E-state index >= 15 is 0 Å². The molecule has 1 unspecified atom stereocenters. The van der Waals surface area contributed by atoms with Crippen molar-refractivity contribution in [3.63, 3.8) is 0 Å². The van der Waals surface area contributed by atoms with Crippen LogP contribution in [-0.2, 0) is 30.9 Å². The molecule has 1 atom stereocenters. The van der Waals surface area contributed by atoms with Gasteiger partial charge in [0, 0.05) is 6.54 Å². The first kappa shape index (κ1) is 26.2. The third-order valence-electron chi connectivity index (χ3n) is 5.99. The smallest absolute Gasteiger partial charge is 0.338 e. The molecule has 0 spiro atoms. The topological polar surface area (TPSA) is 101 Å².